The molecule has 2 amide bonds. The molecule has 1 fully saturated rings. The highest BCUT2D eigenvalue weighted by molar-refractivity contribution is 7.07. The van der Waals surface area contributed by atoms with E-state index in [1.165, 1.54) is 11.3 Å². The average molecular weight is 422 g/mol. The van der Waals surface area contributed by atoms with E-state index in [1.807, 2.05) is 34.4 Å². The van der Waals surface area contributed by atoms with E-state index >= 15 is 0 Å². The van der Waals surface area contributed by atoms with Crippen LogP contribution in [-0.4, -0.2) is 72.9 Å². The number of hydrogen-bond acceptors (Lipinski definition) is 6. The molecule has 0 radical (unpaired) electrons. The second kappa shape index (κ2) is 10.7. The molecule has 1 aliphatic heterocycles. The predicted molar refractivity (Wildman–Crippen MR) is 109 cm³/mol. The lowest BCUT2D eigenvalue weighted by Crippen LogP contribution is -2.60. The summed E-state index contributed by atoms with van der Waals surface area (Å²) in [5, 5.41) is 8.66. The Labute approximate surface area is 174 Å². The van der Waals surface area contributed by atoms with Crippen molar-refractivity contribution in [3.05, 3.63) is 34.8 Å². The first-order valence-electron chi connectivity index (χ1n) is 9.51. The van der Waals surface area contributed by atoms with Crippen LogP contribution < -0.4 is 0 Å². The molecule has 10 heteroatoms. The Bertz CT molecular complexity index is 807. The maximum absolute atomic E-state index is 12.7. The Hall–Kier alpha value is -2.75. The Morgan fingerprint density at radius 2 is 1.90 bits per heavy atom. The molecule has 2 aromatic rings. The van der Waals surface area contributed by atoms with Crippen LogP contribution in [0, 0.1) is 0 Å². The van der Waals surface area contributed by atoms with Crippen molar-refractivity contribution in [2.45, 2.75) is 52.2 Å². The number of aromatic nitrogens is 3. The van der Waals surface area contributed by atoms with Crippen molar-refractivity contribution < 1.29 is 19.5 Å². The summed E-state index contributed by atoms with van der Waals surface area (Å²) >= 11 is 1.42. The molecule has 1 N–H and O–H groups in total. The molecule has 0 saturated carbocycles. The fourth-order valence-electron chi connectivity index (χ4n) is 3.46. The van der Waals surface area contributed by atoms with Gasteiger partial charge in [0.05, 0.1) is 5.51 Å². The third-order valence-corrected chi connectivity index (χ3v) is 5.77. The minimum Gasteiger partial charge on any atom is -0.483 e. The van der Waals surface area contributed by atoms with E-state index in [9.17, 15) is 9.59 Å². The van der Waals surface area contributed by atoms with Crippen LogP contribution in [0.3, 0.4) is 0 Å². The molecule has 29 heavy (non-hydrogen) atoms. The first-order valence-corrected chi connectivity index (χ1v) is 10.4. The minimum absolute atomic E-state index is 0.0210. The number of hydrogen-bond donors (Lipinski definition) is 1. The number of carbonyl (C=O) groups excluding carboxylic acids is 2. The van der Waals surface area contributed by atoms with Crippen LogP contribution in [0.5, 0.6) is 0 Å². The minimum atomic E-state index is -0.250. The molecule has 1 aliphatic rings. The van der Waals surface area contributed by atoms with Gasteiger partial charge in [-0.15, -0.1) is 11.3 Å². The fraction of sp³-hybridized carbons (Fsp3) is 0.526. The number of carboxylic acid groups (broad SMARTS) is 1. The molecule has 1 saturated heterocycles. The SMILES string of the molecule is CCc1nccn1CCC(=O)N1CCN(C(=O)c2cscn2)[C@H](C)[C@H]1C.O=CO. The van der Waals surface area contributed by atoms with Gasteiger partial charge in [0.25, 0.3) is 12.4 Å². The summed E-state index contributed by atoms with van der Waals surface area (Å²) in [4.78, 5) is 45.8. The predicted octanol–water partition coefficient (Wildman–Crippen LogP) is 1.75. The van der Waals surface area contributed by atoms with Gasteiger partial charge < -0.3 is 19.5 Å². The Morgan fingerprint density at radius 1 is 1.24 bits per heavy atom. The third-order valence-electron chi connectivity index (χ3n) is 5.18. The summed E-state index contributed by atoms with van der Waals surface area (Å²) in [5.74, 6) is 1.07. The molecule has 0 aromatic carbocycles. The van der Waals surface area contributed by atoms with Gasteiger partial charge in [-0.25, -0.2) is 9.97 Å². The standard InChI is InChI=1S/C18H25N5O2S.CH2O2/c1-4-16-19-6-8-21(16)7-5-17(24)22-9-10-23(14(3)13(22)2)18(25)15-11-26-12-20-15;2-1-3/h6,8,11-14H,4-5,7,9-10H2,1-3H3;1H,(H,2,3)/t13-,14-;/m1./s1. The van der Waals surface area contributed by atoms with Crippen LogP contribution in [-0.2, 0) is 22.6 Å². The van der Waals surface area contributed by atoms with Gasteiger partial charge in [-0.05, 0) is 13.8 Å². The quantitative estimate of drug-likeness (QED) is 0.737. The summed E-state index contributed by atoms with van der Waals surface area (Å²) in [7, 11) is 0. The van der Waals surface area contributed by atoms with Crippen LogP contribution in [0.4, 0.5) is 0 Å². The van der Waals surface area contributed by atoms with E-state index in [4.69, 9.17) is 9.90 Å². The molecule has 2 aromatic heterocycles. The van der Waals surface area contributed by atoms with Gasteiger partial charge in [-0.2, -0.15) is 0 Å². The van der Waals surface area contributed by atoms with Crippen molar-refractivity contribution >= 4 is 29.6 Å². The Balaban J connectivity index is 0.000000941. The fourth-order valence-corrected chi connectivity index (χ4v) is 3.99. The maximum Gasteiger partial charge on any atom is 0.290 e. The van der Waals surface area contributed by atoms with E-state index in [2.05, 4.69) is 16.9 Å². The molecule has 3 heterocycles. The molecular formula is C19H27N5O4S. The smallest absolute Gasteiger partial charge is 0.290 e. The van der Waals surface area contributed by atoms with Crippen molar-refractivity contribution in [3.8, 4) is 0 Å². The number of carbonyl (C=O) groups is 3. The molecule has 0 spiro atoms. The van der Waals surface area contributed by atoms with Gasteiger partial charge >= 0.3 is 0 Å². The molecule has 0 aliphatic carbocycles. The molecule has 2 atom stereocenters. The number of imidazole rings is 1. The van der Waals surface area contributed by atoms with E-state index in [-0.39, 0.29) is 30.4 Å². The molecule has 9 nitrogen and oxygen atoms in total. The molecular weight excluding hydrogens is 394 g/mol. The summed E-state index contributed by atoms with van der Waals surface area (Å²) in [6, 6.07) is -0.0615. The van der Waals surface area contributed by atoms with Gasteiger partial charge in [0.2, 0.25) is 5.91 Å². The summed E-state index contributed by atoms with van der Waals surface area (Å²) in [6.45, 7) is 7.56. The third kappa shape index (κ3) is 5.41. The van der Waals surface area contributed by atoms with Crippen LogP contribution in [0.15, 0.2) is 23.3 Å². The van der Waals surface area contributed by atoms with Crippen LogP contribution >= 0.6 is 11.3 Å². The molecule has 0 bridgehead atoms. The lowest BCUT2D eigenvalue weighted by molar-refractivity contribution is -0.137. The number of piperazine rings is 1. The summed E-state index contributed by atoms with van der Waals surface area (Å²) < 4.78 is 2.04. The second-order valence-corrected chi connectivity index (χ2v) is 7.41. The zero-order valence-corrected chi connectivity index (χ0v) is 17.7. The van der Waals surface area contributed by atoms with Crippen molar-refractivity contribution in [2.75, 3.05) is 13.1 Å². The first kappa shape index (κ1) is 22.5. The van der Waals surface area contributed by atoms with Crippen molar-refractivity contribution in [2.24, 2.45) is 0 Å². The van der Waals surface area contributed by atoms with Gasteiger partial charge in [0, 0.05) is 62.3 Å². The largest absolute Gasteiger partial charge is 0.483 e. The Morgan fingerprint density at radius 3 is 2.52 bits per heavy atom. The lowest BCUT2D eigenvalue weighted by atomic mass is 10.0. The normalized spacial score (nSPS) is 18.7. The van der Waals surface area contributed by atoms with E-state index in [0.717, 1.165) is 12.2 Å². The number of nitrogens with zero attached hydrogens (tertiary/aromatic N) is 5. The van der Waals surface area contributed by atoms with E-state index in [0.29, 0.717) is 31.7 Å². The highest BCUT2D eigenvalue weighted by atomic mass is 32.1. The van der Waals surface area contributed by atoms with E-state index in [1.54, 1.807) is 17.1 Å². The summed E-state index contributed by atoms with van der Waals surface area (Å²) in [6.07, 6.45) is 4.99. The van der Waals surface area contributed by atoms with Crippen molar-refractivity contribution in [1.82, 2.24) is 24.3 Å². The number of rotatable bonds is 5. The average Bonchev–Trinajstić information content (AvgIpc) is 3.40. The molecule has 158 valence electrons. The molecule has 3 rings (SSSR count). The Kier molecular flexibility index (Phi) is 8.32. The van der Waals surface area contributed by atoms with Gasteiger partial charge in [-0.3, -0.25) is 14.4 Å². The maximum atomic E-state index is 12.7. The zero-order valence-electron chi connectivity index (χ0n) is 16.9. The highest BCUT2D eigenvalue weighted by Crippen LogP contribution is 2.20. The summed E-state index contributed by atoms with van der Waals surface area (Å²) in [5.41, 5.74) is 2.16. The van der Waals surface area contributed by atoms with Crippen LogP contribution in [0.25, 0.3) is 0 Å². The van der Waals surface area contributed by atoms with E-state index < -0.39 is 0 Å². The number of aryl methyl sites for hydroxylation is 2. The zero-order chi connectivity index (χ0) is 21.4. The number of amides is 2. The van der Waals surface area contributed by atoms with Crippen molar-refractivity contribution in [1.29, 1.82) is 0 Å². The topological polar surface area (TPSA) is 109 Å². The van der Waals surface area contributed by atoms with Crippen LogP contribution in [0.1, 0.15) is 43.5 Å². The van der Waals surface area contributed by atoms with Crippen LogP contribution in [0.2, 0.25) is 0 Å². The number of thiazole rings is 1. The molecule has 0 unspecified atom stereocenters. The second-order valence-electron chi connectivity index (χ2n) is 6.69. The first-order chi connectivity index (χ1) is 13.9. The highest BCUT2D eigenvalue weighted by Gasteiger charge is 2.36. The van der Waals surface area contributed by atoms with Gasteiger partial charge in [-0.1, -0.05) is 6.92 Å². The monoisotopic (exact) mass is 421 g/mol. The van der Waals surface area contributed by atoms with Gasteiger partial charge in [0.1, 0.15) is 11.5 Å². The lowest BCUT2D eigenvalue weighted by Gasteiger charge is -2.44. The van der Waals surface area contributed by atoms with Gasteiger partial charge in [0.15, 0.2) is 0 Å². The van der Waals surface area contributed by atoms with Crippen molar-refractivity contribution in [3.63, 3.8) is 0 Å².